The third-order valence-electron chi connectivity index (χ3n) is 3.56. The van der Waals surface area contributed by atoms with Crippen LogP contribution in [0.4, 0.5) is 0 Å². The predicted molar refractivity (Wildman–Crippen MR) is 72.3 cm³/mol. The summed E-state index contributed by atoms with van der Waals surface area (Å²) in [4.78, 5) is 13.4. The van der Waals surface area contributed by atoms with Gasteiger partial charge in [-0.05, 0) is 44.1 Å². The molecule has 1 unspecified atom stereocenters. The summed E-state index contributed by atoms with van der Waals surface area (Å²) in [5.41, 5.74) is 7.03. The van der Waals surface area contributed by atoms with Gasteiger partial charge < -0.3 is 11.1 Å². The molecule has 1 atom stereocenters. The van der Waals surface area contributed by atoms with E-state index in [1.165, 1.54) is 18.4 Å². The van der Waals surface area contributed by atoms with E-state index < -0.39 is 0 Å². The molecule has 2 rings (SSSR count). The normalized spacial score (nSPS) is 20.8. The second-order valence-electron chi connectivity index (χ2n) is 4.92. The number of benzene rings is 1. The number of nitrogens with two attached hydrogens (primary N) is 1. The van der Waals surface area contributed by atoms with Gasteiger partial charge in [-0.15, -0.1) is 0 Å². The molecule has 1 aromatic rings. The van der Waals surface area contributed by atoms with Crippen molar-refractivity contribution in [2.75, 3.05) is 20.1 Å². The van der Waals surface area contributed by atoms with E-state index >= 15 is 0 Å². The van der Waals surface area contributed by atoms with Gasteiger partial charge in [0.25, 0.3) is 0 Å². The van der Waals surface area contributed by atoms with Crippen molar-refractivity contribution in [1.29, 1.82) is 0 Å². The summed E-state index contributed by atoms with van der Waals surface area (Å²) in [7, 11) is 2.02. The summed E-state index contributed by atoms with van der Waals surface area (Å²) in [6.07, 6.45) is 2.50. The summed E-state index contributed by atoms with van der Waals surface area (Å²) in [5.74, 6) is -0.366. The molecule has 0 spiro atoms. The smallest absolute Gasteiger partial charge is 0.248 e. The number of nitrogens with zero attached hydrogens (tertiary/aromatic N) is 1. The summed E-state index contributed by atoms with van der Waals surface area (Å²) in [6, 6.07) is 8.18. The average Bonchev–Trinajstić information content (AvgIpc) is 2.39. The first-order chi connectivity index (χ1) is 8.69. The Balaban J connectivity index is 1.94. The molecule has 1 aliphatic rings. The molecule has 1 heterocycles. The molecule has 3 N–H and O–H groups in total. The first kappa shape index (κ1) is 13.1. The van der Waals surface area contributed by atoms with Crippen LogP contribution in [0.2, 0.25) is 0 Å². The number of hydrogen-bond donors (Lipinski definition) is 2. The van der Waals surface area contributed by atoms with Crippen LogP contribution in [0.3, 0.4) is 0 Å². The van der Waals surface area contributed by atoms with Crippen molar-refractivity contribution in [3.63, 3.8) is 0 Å². The predicted octanol–water partition coefficient (Wildman–Crippen LogP) is 0.969. The lowest BCUT2D eigenvalue weighted by molar-refractivity contribution is 0.100. The number of likely N-dealkylation sites (tertiary alicyclic amines) is 1. The first-order valence-electron chi connectivity index (χ1n) is 6.47. The van der Waals surface area contributed by atoms with Gasteiger partial charge >= 0.3 is 0 Å². The van der Waals surface area contributed by atoms with Crippen LogP contribution in [0.15, 0.2) is 24.3 Å². The van der Waals surface area contributed by atoms with Crippen LogP contribution in [-0.4, -0.2) is 37.0 Å². The molecule has 1 amide bonds. The van der Waals surface area contributed by atoms with Gasteiger partial charge in [0.1, 0.15) is 0 Å². The maximum atomic E-state index is 11.0. The van der Waals surface area contributed by atoms with Crippen LogP contribution in [0.25, 0.3) is 0 Å². The number of carbonyl (C=O) groups excluding carboxylic acids is 1. The second-order valence-corrected chi connectivity index (χ2v) is 4.92. The number of rotatable bonds is 4. The molecule has 4 heteroatoms. The van der Waals surface area contributed by atoms with Crippen molar-refractivity contribution in [3.05, 3.63) is 35.4 Å². The Morgan fingerprint density at radius 1 is 1.44 bits per heavy atom. The molecule has 0 saturated carbocycles. The van der Waals surface area contributed by atoms with Crippen molar-refractivity contribution in [3.8, 4) is 0 Å². The van der Waals surface area contributed by atoms with Crippen LogP contribution in [-0.2, 0) is 6.54 Å². The Hall–Kier alpha value is -1.39. The van der Waals surface area contributed by atoms with Crippen LogP contribution in [0, 0.1) is 0 Å². The first-order valence-corrected chi connectivity index (χ1v) is 6.47. The van der Waals surface area contributed by atoms with E-state index in [1.807, 2.05) is 19.2 Å². The van der Waals surface area contributed by atoms with Gasteiger partial charge in [-0.25, -0.2) is 0 Å². The number of amides is 1. The number of likely N-dealkylation sites (N-methyl/N-ethyl adjacent to an activating group) is 1. The van der Waals surface area contributed by atoms with E-state index in [1.54, 1.807) is 12.1 Å². The lowest BCUT2D eigenvalue weighted by Crippen LogP contribution is -2.43. The highest BCUT2D eigenvalue weighted by Crippen LogP contribution is 2.14. The zero-order valence-electron chi connectivity index (χ0n) is 10.9. The molecule has 0 bridgehead atoms. The largest absolute Gasteiger partial charge is 0.366 e. The van der Waals surface area contributed by atoms with Crippen molar-refractivity contribution < 1.29 is 4.79 Å². The molecule has 0 aliphatic carbocycles. The Labute approximate surface area is 108 Å². The molecule has 1 aromatic carbocycles. The highest BCUT2D eigenvalue weighted by molar-refractivity contribution is 5.92. The van der Waals surface area contributed by atoms with Crippen molar-refractivity contribution >= 4 is 5.91 Å². The fourth-order valence-electron chi connectivity index (χ4n) is 2.47. The third kappa shape index (κ3) is 3.31. The van der Waals surface area contributed by atoms with Crippen LogP contribution in [0.5, 0.6) is 0 Å². The lowest BCUT2D eigenvalue weighted by atomic mass is 10.0. The van der Waals surface area contributed by atoms with Crippen LogP contribution < -0.4 is 11.1 Å². The Bertz CT molecular complexity index is 402. The monoisotopic (exact) mass is 247 g/mol. The third-order valence-corrected chi connectivity index (χ3v) is 3.56. The van der Waals surface area contributed by atoms with Crippen LogP contribution in [0.1, 0.15) is 28.8 Å². The number of carbonyl (C=O) groups is 1. The van der Waals surface area contributed by atoms with Crippen molar-refractivity contribution in [2.24, 2.45) is 5.73 Å². The molecular weight excluding hydrogens is 226 g/mol. The molecule has 98 valence electrons. The number of primary amides is 1. The van der Waals surface area contributed by atoms with Gasteiger partial charge in [0, 0.05) is 24.7 Å². The molecular formula is C14H21N3O. The Morgan fingerprint density at radius 3 is 2.78 bits per heavy atom. The Morgan fingerprint density at radius 2 is 2.17 bits per heavy atom. The minimum Gasteiger partial charge on any atom is -0.366 e. The maximum Gasteiger partial charge on any atom is 0.248 e. The van der Waals surface area contributed by atoms with Crippen molar-refractivity contribution in [2.45, 2.75) is 25.4 Å². The molecule has 1 fully saturated rings. The average molecular weight is 247 g/mol. The van der Waals surface area contributed by atoms with E-state index in [-0.39, 0.29) is 5.91 Å². The molecule has 4 nitrogen and oxygen atoms in total. The maximum absolute atomic E-state index is 11.0. The molecule has 0 radical (unpaired) electrons. The highest BCUT2D eigenvalue weighted by Gasteiger charge is 2.18. The van der Waals surface area contributed by atoms with E-state index in [2.05, 4.69) is 10.2 Å². The zero-order valence-corrected chi connectivity index (χ0v) is 10.9. The standard InChI is InChI=1S/C14H21N3O/c1-16-13-3-2-8-17(10-13)9-11-4-6-12(7-5-11)14(15)18/h4-7,13,16H,2-3,8-10H2,1H3,(H2,15,18). The van der Waals surface area contributed by atoms with E-state index in [4.69, 9.17) is 5.73 Å². The Kier molecular flexibility index (Phi) is 4.33. The fourth-order valence-corrected chi connectivity index (χ4v) is 2.47. The van der Waals surface area contributed by atoms with E-state index in [0.717, 1.165) is 19.6 Å². The SMILES string of the molecule is CNC1CCCN(Cc2ccc(C(N)=O)cc2)C1. The molecule has 0 aromatic heterocycles. The van der Waals surface area contributed by atoms with Gasteiger partial charge in [-0.3, -0.25) is 9.69 Å². The summed E-state index contributed by atoms with van der Waals surface area (Å²) >= 11 is 0. The zero-order chi connectivity index (χ0) is 13.0. The summed E-state index contributed by atoms with van der Waals surface area (Å²) in [5, 5.41) is 3.34. The molecule has 1 saturated heterocycles. The molecule has 1 aliphatic heterocycles. The van der Waals surface area contributed by atoms with Gasteiger partial charge in [0.2, 0.25) is 5.91 Å². The summed E-state index contributed by atoms with van der Waals surface area (Å²) < 4.78 is 0. The minimum atomic E-state index is -0.366. The number of nitrogens with one attached hydrogen (secondary N) is 1. The van der Waals surface area contributed by atoms with Crippen LogP contribution >= 0.6 is 0 Å². The van der Waals surface area contributed by atoms with E-state index in [0.29, 0.717) is 11.6 Å². The fraction of sp³-hybridized carbons (Fsp3) is 0.500. The summed E-state index contributed by atoms with van der Waals surface area (Å²) in [6.45, 7) is 3.18. The van der Waals surface area contributed by atoms with Gasteiger partial charge in [0.05, 0.1) is 0 Å². The second kappa shape index (κ2) is 5.98. The lowest BCUT2D eigenvalue weighted by Gasteiger charge is -2.32. The highest BCUT2D eigenvalue weighted by atomic mass is 16.1. The quantitative estimate of drug-likeness (QED) is 0.833. The topological polar surface area (TPSA) is 58.4 Å². The van der Waals surface area contributed by atoms with E-state index in [9.17, 15) is 4.79 Å². The minimum absolute atomic E-state index is 0.366. The van der Waals surface area contributed by atoms with Gasteiger partial charge in [-0.1, -0.05) is 12.1 Å². The van der Waals surface area contributed by atoms with Gasteiger partial charge in [-0.2, -0.15) is 0 Å². The number of piperidine rings is 1. The molecule has 18 heavy (non-hydrogen) atoms. The van der Waals surface area contributed by atoms with Gasteiger partial charge in [0.15, 0.2) is 0 Å². The van der Waals surface area contributed by atoms with Crippen molar-refractivity contribution in [1.82, 2.24) is 10.2 Å². The number of hydrogen-bond acceptors (Lipinski definition) is 3.